The Kier molecular flexibility index (Phi) is 6.11. The van der Waals surface area contributed by atoms with Crippen molar-refractivity contribution in [3.63, 3.8) is 0 Å². The molecule has 4 rings (SSSR count). The molecule has 0 bridgehead atoms. The second-order valence-electron chi connectivity index (χ2n) is 7.95. The van der Waals surface area contributed by atoms with Crippen LogP contribution in [0.15, 0.2) is 36.5 Å². The molecule has 1 aromatic heterocycles. The fraction of sp³-hybridized carbons (Fsp3) is 0.455. The highest BCUT2D eigenvalue weighted by molar-refractivity contribution is 6.00. The molecule has 2 aromatic rings. The number of carbonyl (C=O) groups excluding carboxylic acids is 2. The first kappa shape index (κ1) is 20.1. The Morgan fingerprint density at radius 3 is 2.67 bits per heavy atom. The summed E-state index contributed by atoms with van der Waals surface area (Å²) < 4.78 is 0. The fourth-order valence-electron chi connectivity index (χ4n) is 3.97. The van der Waals surface area contributed by atoms with Crippen LogP contribution in [0.5, 0.6) is 0 Å². The van der Waals surface area contributed by atoms with E-state index in [0.717, 1.165) is 30.0 Å². The summed E-state index contributed by atoms with van der Waals surface area (Å²) in [4.78, 5) is 28.9. The number of hydrogen-bond donors (Lipinski definition) is 2. The summed E-state index contributed by atoms with van der Waals surface area (Å²) >= 11 is 0. The summed E-state index contributed by atoms with van der Waals surface area (Å²) in [7, 11) is 0. The third kappa shape index (κ3) is 4.69. The quantitative estimate of drug-likeness (QED) is 0.681. The minimum absolute atomic E-state index is 0.00821. The van der Waals surface area contributed by atoms with Crippen molar-refractivity contribution in [3.05, 3.63) is 42.1 Å². The zero-order valence-corrected chi connectivity index (χ0v) is 17.3. The molecule has 30 heavy (non-hydrogen) atoms. The Morgan fingerprint density at radius 1 is 1.13 bits per heavy atom. The molecule has 1 unspecified atom stereocenters. The average Bonchev–Trinajstić information content (AvgIpc) is 3.42. The molecule has 0 saturated carbocycles. The number of aryl methyl sites for hydroxylation is 1. The minimum Gasteiger partial charge on any atom is -0.370 e. The predicted octanol–water partition coefficient (Wildman–Crippen LogP) is 1.97. The van der Waals surface area contributed by atoms with Crippen LogP contribution in [0.25, 0.3) is 0 Å². The number of nitrogens with one attached hydrogen (secondary N) is 2. The molecule has 2 aliphatic rings. The van der Waals surface area contributed by atoms with Crippen LogP contribution in [0.2, 0.25) is 0 Å². The normalized spacial score (nSPS) is 18.7. The van der Waals surface area contributed by atoms with Gasteiger partial charge in [-0.15, -0.1) is 5.10 Å². The number of carbonyl (C=O) groups is 2. The topological polar surface area (TPSA) is 90.5 Å². The van der Waals surface area contributed by atoms with Gasteiger partial charge in [-0.1, -0.05) is 17.7 Å². The van der Waals surface area contributed by atoms with E-state index in [0.29, 0.717) is 25.5 Å². The van der Waals surface area contributed by atoms with E-state index in [1.807, 2.05) is 37.3 Å². The Morgan fingerprint density at radius 2 is 1.90 bits per heavy atom. The Balaban J connectivity index is 1.23. The van der Waals surface area contributed by atoms with E-state index in [4.69, 9.17) is 0 Å². The predicted molar refractivity (Wildman–Crippen MR) is 117 cm³/mol. The molecule has 8 heteroatoms. The Hall–Kier alpha value is -3.16. The van der Waals surface area contributed by atoms with Gasteiger partial charge >= 0.3 is 0 Å². The number of rotatable bonds is 7. The average molecular weight is 409 g/mol. The van der Waals surface area contributed by atoms with Gasteiger partial charge in [-0.3, -0.25) is 9.59 Å². The largest absolute Gasteiger partial charge is 0.370 e. The van der Waals surface area contributed by atoms with E-state index >= 15 is 0 Å². The number of hydrogen-bond acceptors (Lipinski definition) is 6. The monoisotopic (exact) mass is 408 g/mol. The first-order valence-electron chi connectivity index (χ1n) is 10.6. The van der Waals surface area contributed by atoms with Gasteiger partial charge in [0.25, 0.3) is 0 Å². The Bertz CT molecular complexity index is 895. The first-order chi connectivity index (χ1) is 14.6. The summed E-state index contributed by atoms with van der Waals surface area (Å²) in [5, 5.41) is 14.3. The lowest BCUT2D eigenvalue weighted by Crippen LogP contribution is -2.35. The maximum Gasteiger partial charge on any atom is 0.227 e. The highest BCUT2D eigenvalue weighted by Crippen LogP contribution is 2.25. The Labute approximate surface area is 176 Å². The van der Waals surface area contributed by atoms with Gasteiger partial charge in [-0.2, -0.15) is 5.10 Å². The van der Waals surface area contributed by atoms with E-state index in [1.165, 1.54) is 12.8 Å². The van der Waals surface area contributed by atoms with Crippen molar-refractivity contribution in [2.75, 3.05) is 47.8 Å². The van der Waals surface area contributed by atoms with Crippen molar-refractivity contribution in [2.24, 2.45) is 5.92 Å². The van der Waals surface area contributed by atoms with Crippen LogP contribution in [0.4, 0.5) is 17.2 Å². The maximum absolute atomic E-state index is 12.5. The van der Waals surface area contributed by atoms with Gasteiger partial charge in [0.05, 0.1) is 17.8 Å². The van der Waals surface area contributed by atoms with E-state index in [9.17, 15) is 9.59 Å². The van der Waals surface area contributed by atoms with E-state index in [2.05, 4.69) is 25.7 Å². The molecule has 2 N–H and O–H groups in total. The number of benzene rings is 1. The fourth-order valence-corrected chi connectivity index (χ4v) is 3.97. The molecule has 3 heterocycles. The zero-order valence-electron chi connectivity index (χ0n) is 17.3. The molecular weight excluding hydrogens is 380 g/mol. The summed E-state index contributed by atoms with van der Waals surface area (Å²) in [6.45, 7) is 5.55. The summed E-state index contributed by atoms with van der Waals surface area (Å²) in [6.07, 6.45) is 4.45. The first-order valence-corrected chi connectivity index (χ1v) is 10.6. The van der Waals surface area contributed by atoms with Crippen molar-refractivity contribution in [1.29, 1.82) is 0 Å². The summed E-state index contributed by atoms with van der Waals surface area (Å²) in [5.74, 6) is 0.287. The highest BCUT2D eigenvalue weighted by atomic mass is 16.2. The van der Waals surface area contributed by atoms with Crippen molar-refractivity contribution in [1.82, 2.24) is 15.5 Å². The van der Waals surface area contributed by atoms with E-state index in [1.54, 1.807) is 11.1 Å². The summed E-state index contributed by atoms with van der Waals surface area (Å²) in [6, 6.07) is 9.80. The van der Waals surface area contributed by atoms with E-state index < -0.39 is 0 Å². The molecule has 1 atom stereocenters. The third-order valence-corrected chi connectivity index (χ3v) is 5.68. The molecule has 2 aliphatic heterocycles. The van der Waals surface area contributed by atoms with Crippen LogP contribution >= 0.6 is 0 Å². The standard InChI is InChI=1S/C22H28N6O2/c1-16-4-6-18(7-5-16)28-15-17(12-21(28)29)22(30)24-9-8-23-20-13-19(14-25-26-20)27-10-2-3-11-27/h4-7,13-14,17H,2-3,8-12,15H2,1H3,(H,23,26)(H,24,30). The van der Waals surface area contributed by atoms with Gasteiger partial charge in [-0.25, -0.2) is 0 Å². The molecular formula is C22H28N6O2. The van der Waals surface area contributed by atoms with Crippen molar-refractivity contribution in [2.45, 2.75) is 26.2 Å². The third-order valence-electron chi connectivity index (χ3n) is 5.68. The van der Waals surface area contributed by atoms with Crippen LogP contribution in [-0.2, 0) is 9.59 Å². The van der Waals surface area contributed by atoms with Gasteiger partial charge < -0.3 is 20.4 Å². The molecule has 0 aliphatic carbocycles. The van der Waals surface area contributed by atoms with Gasteiger partial charge in [0.1, 0.15) is 0 Å². The van der Waals surface area contributed by atoms with E-state index in [-0.39, 0.29) is 24.2 Å². The molecule has 1 aromatic carbocycles. The van der Waals surface area contributed by atoms with Crippen LogP contribution in [-0.4, -0.2) is 54.7 Å². The molecule has 8 nitrogen and oxygen atoms in total. The molecule has 158 valence electrons. The van der Waals surface area contributed by atoms with Gasteiger partial charge in [0.2, 0.25) is 11.8 Å². The van der Waals surface area contributed by atoms with Gasteiger partial charge in [-0.05, 0) is 31.9 Å². The molecule has 2 fully saturated rings. The highest BCUT2D eigenvalue weighted by Gasteiger charge is 2.34. The molecule has 2 saturated heterocycles. The van der Waals surface area contributed by atoms with Crippen molar-refractivity contribution in [3.8, 4) is 0 Å². The van der Waals surface area contributed by atoms with Gasteiger partial charge in [0, 0.05) is 50.9 Å². The number of anilines is 3. The summed E-state index contributed by atoms with van der Waals surface area (Å²) in [5.41, 5.74) is 3.07. The molecule has 0 spiro atoms. The maximum atomic E-state index is 12.5. The van der Waals surface area contributed by atoms with Crippen LogP contribution < -0.4 is 20.4 Å². The minimum atomic E-state index is -0.322. The zero-order chi connectivity index (χ0) is 20.9. The van der Waals surface area contributed by atoms with Gasteiger partial charge in [0.15, 0.2) is 5.82 Å². The van der Waals surface area contributed by atoms with Crippen LogP contribution in [0.3, 0.4) is 0 Å². The number of nitrogens with zero attached hydrogens (tertiary/aromatic N) is 4. The number of amides is 2. The second-order valence-corrected chi connectivity index (χ2v) is 7.95. The lowest BCUT2D eigenvalue weighted by atomic mass is 10.1. The van der Waals surface area contributed by atoms with Crippen LogP contribution in [0, 0.1) is 12.8 Å². The van der Waals surface area contributed by atoms with Crippen molar-refractivity contribution >= 4 is 29.0 Å². The smallest absolute Gasteiger partial charge is 0.227 e. The number of aromatic nitrogens is 2. The van der Waals surface area contributed by atoms with Crippen molar-refractivity contribution < 1.29 is 9.59 Å². The van der Waals surface area contributed by atoms with Crippen LogP contribution in [0.1, 0.15) is 24.8 Å². The SMILES string of the molecule is Cc1ccc(N2CC(C(=O)NCCNc3cc(N4CCCC4)cnn3)CC2=O)cc1. The molecule has 2 amide bonds. The lowest BCUT2D eigenvalue weighted by molar-refractivity contribution is -0.126. The lowest BCUT2D eigenvalue weighted by Gasteiger charge is -2.18. The molecule has 0 radical (unpaired) electrons. The second kappa shape index (κ2) is 9.11.